The van der Waals surface area contributed by atoms with Crippen molar-refractivity contribution < 1.29 is 19.5 Å². The quantitative estimate of drug-likeness (QED) is 0.703. The normalized spacial score (nSPS) is 53.6. The highest BCUT2D eigenvalue weighted by atomic mass is 16.3. The molecular weight excluding hydrogens is 296 g/mol. The van der Waals surface area contributed by atoms with E-state index in [0.29, 0.717) is 0 Å². The Morgan fingerprint density at radius 1 is 1.30 bits per heavy atom. The Kier molecular flexibility index (Phi) is 2.61. The Labute approximate surface area is 135 Å². The number of nitrogens with zero attached hydrogens (tertiary/aromatic N) is 1. The molecule has 0 aromatic rings. The lowest BCUT2D eigenvalue weighted by Crippen LogP contribution is -2.70. The predicted octanol–water partition coefficient (Wildman–Crippen LogP) is 0.0749. The lowest BCUT2D eigenvalue weighted by Gasteiger charge is -2.74. The van der Waals surface area contributed by atoms with Crippen LogP contribution in [0.5, 0.6) is 0 Å². The van der Waals surface area contributed by atoms with Crippen LogP contribution in [0.4, 0.5) is 0 Å². The van der Waals surface area contributed by atoms with Crippen molar-refractivity contribution in [3.63, 3.8) is 0 Å². The summed E-state index contributed by atoms with van der Waals surface area (Å²) < 4.78 is 0. The number of carbonyl (C=O) groups excluding carboxylic acids is 3. The SMILES string of the molecule is CC12C[C@@H]3C(C(=O)N4CC(O)C[C@H]4C(N)=O)C(=O)[C@@](C)(C1)C32C. The first kappa shape index (κ1) is 15.1. The number of ketones is 1. The van der Waals surface area contributed by atoms with E-state index in [-0.39, 0.29) is 41.4 Å². The standard InChI is InChI=1S/C17H24N2O4/c1-15-5-9-11(12(21)16(2,7-15)17(9,15)3)14(23)19-6-8(20)4-10(19)13(18)22/h8-11,20H,4-7H2,1-3H3,(H2,18,22)/t8?,9-,10+,11?,15?,16-,17?/m1/s1. The van der Waals surface area contributed by atoms with Gasteiger partial charge in [0.2, 0.25) is 11.8 Å². The third kappa shape index (κ3) is 1.38. The molecule has 4 rings (SSSR count). The maximum atomic E-state index is 13.0. The third-order valence-corrected chi connectivity index (χ3v) is 7.94. The van der Waals surface area contributed by atoms with Crippen LogP contribution in [0.15, 0.2) is 0 Å². The highest BCUT2D eigenvalue weighted by Crippen LogP contribution is 2.86. The molecule has 6 heteroatoms. The Morgan fingerprint density at radius 3 is 2.48 bits per heavy atom. The Morgan fingerprint density at radius 2 is 1.96 bits per heavy atom. The molecule has 4 fully saturated rings. The van der Waals surface area contributed by atoms with Gasteiger partial charge < -0.3 is 15.7 Å². The van der Waals surface area contributed by atoms with Crippen LogP contribution < -0.4 is 5.73 Å². The van der Waals surface area contributed by atoms with Gasteiger partial charge in [0.15, 0.2) is 5.78 Å². The number of β-amino-alcohol motifs (C(OH)–C–C–N with tert-alkyl or cyclic N) is 1. The van der Waals surface area contributed by atoms with Crippen LogP contribution in [0.3, 0.4) is 0 Å². The van der Waals surface area contributed by atoms with Gasteiger partial charge in [-0.2, -0.15) is 0 Å². The van der Waals surface area contributed by atoms with Gasteiger partial charge in [-0.25, -0.2) is 0 Å². The summed E-state index contributed by atoms with van der Waals surface area (Å²) in [5.74, 6) is -1.52. The van der Waals surface area contributed by atoms with E-state index >= 15 is 0 Å². The zero-order chi connectivity index (χ0) is 16.9. The summed E-state index contributed by atoms with van der Waals surface area (Å²) in [6.07, 6.45) is 1.15. The second-order valence-electron chi connectivity index (χ2n) is 8.72. The first-order valence-corrected chi connectivity index (χ1v) is 8.39. The van der Waals surface area contributed by atoms with Crippen molar-refractivity contribution in [1.29, 1.82) is 0 Å². The molecule has 1 heterocycles. The van der Waals surface area contributed by atoms with Gasteiger partial charge in [0, 0.05) is 18.4 Å². The molecule has 1 aliphatic heterocycles. The minimum Gasteiger partial charge on any atom is -0.391 e. The number of carbonyl (C=O) groups is 3. The van der Waals surface area contributed by atoms with Gasteiger partial charge in [-0.1, -0.05) is 20.8 Å². The molecule has 3 aliphatic carbocycles. The van der Waals surface area contributed by atoms with Crippen LogP contribution >= 0.6 is 0 Å². The van der Waals surface area contributed by atoms with E-state index in [4.69, 9.17) is 5.73 Å². The number of aliphatic hydroxyl groups excluding tert-OH is 1. The Balaban J connectivity index is 1.66. The van der Waals surface area contributed by atoms with Crippen LogP contribution in [0.25, 0.3) is 0 Å². The highest BCUT2D eigenvalue weighted by molar-refractivity contribution is 6.09. The van der Waals surface area contributed by atoms with Crippen LogP contribution in [0, 0.1) is 28.1 Å². The molecule has 0 spiro atoms. The summed E-state index contributed by atoms with van der Waals surface area (Å²) in [7, 11) is 0. The number of hydrogen-bond acceptors (Lipinski definition) is 4. The van der Waals surface area contributed by atoms with E-state index in [9.17, 15) is 19.5 Å². The molecule has 4 aliphatic rings. The number of aliphatic hydroxyl groups is 1. The number of amides is 2. The molecule has 0 aromatic carbocycles. The van der Waals surface area contributed by atoms with Crippen molar-refractivity contribution >= 4 is 17.6 Å². The molecule has 23 heavy (non-hydrogen) atoms. The maximum Gasteiger partial charge on any atom is 0.240 e. The van der Waals surface area contributed by atoms with Crippen molar-refractivity contribution in [3.8, 4) is 0 Å². The number of nitrogens with two attached hydrogens (primary N) is 1. The summed E-state index contributed by atoms with van der Waals surface area (Å²) in [4.78, 5) is 39.0. The van der Waals surface area contributed by atoms with Crippen LogP contribution in [-0.4, -0.2) is 46.3 Å². The molecule has 6 nitrogen and oxygen atoms in total. The van der Waals surface area contributed by atoms with Gasteiger partial charge in [0.05, 0.1) is 6.10 Å². The number of hydrogen-bond donors (Lipinski definition) is 2. The lowest BCUT2D eigenvalue weighted by atomic mass is 9.28. The van der Waals surface area contributed by atoms with Gasteiger partial charge in [-0.05, 0) is 29.6 Å². The van der Waals surface area contributed by atoms with E-state index in [1.807, 2.05) is 6.92 Å². The second-order valence-corrected chi connectivity index (χ2v) is 8.72. The minimum atomic E-state index is -0.796. The first-order valence-electron chi connectivity index (χ1n) is 8.39. The summed E-state index contributed by atoms with van der Waals surface area (Å²) in [6, 6.07) is -0.796. The zero-order valence-electron chi connectivity index (χ0n) is 13.8. The van der Waals surface area contributed by atoms with Crippen molar-refractivity contribution in [3.05, 3.63) is 0 Å². The van der Waals surface area contributed by atoms with E-state index < -0.39 is 29.4 Å². The molecule has 4 unspecified atom stereocenters. The number of Topliss-reactive ketones (excluding diaryl/α,β-unsaturated/α-hetero) is 1. The van der Waals surface area contributed by atoms with E-state index in [2.05, 4.69) is 13.8 Å². The average molecular weight is 320 g/mol. The van der Waals surface area contributed by atoms with Crippen LogP contribution in [-0.2, 0) is 14.4 Å². The molecule has 126 valence electrons. The topological polar surface area (TPSA) is 101 Å². The average Bonchev–Trinajstić information content (AvgIpc) is 2.87. The number of rotatable bonds is 2. The lowest BCUT2D eigenvalue weighted by molar-refractivity contribution is -0.270. The molecule has 1 saturated heterocycles. The fraction of sp³-hybridized carbons (Fsp3) is 0.824. The fourth-order valence-corrected chi connectivity index (χ4v) is 6.52. The van der Waals surface area contributed by atoms with Crippen molar-refractivity contribution in [2.45, 2.75) is 52.2 Å². The van der Waals surface area contributed by atoms with Gasteiger partial charge in [0.1, 0.15) is 12.0 Å². The van der Waals surface area contributed by atoms with Gasteiger partial charge >= 0.3 is 0 Å². The number of likely N-dealkylation sites (tertiary alicyclic amines) is 1. The fourth-order valence-electron chi connectivity index (χ4n) is 6.52. The highest BCUT2D eigenvalue weighted by Gasteiger charge is 2.85. The van der Waals surface area contributed by atoms with Crippen LogP contribution in [0.1, 0.15) is 40.0 Å². The smallest absolute Gasteiger partial charge is 0.240 e. The molecular formula is C17H24N2O4. The Hall–Kier alpha value is -1.43. The van der Waals surface area contributed by atoms with E-state index in [1.165, 1.54) is 4.90 Å². The Bertz CT molecular complexity index is 649. The molecule has 3 saturated carbocycles. The number of primary amides is 1. The van der Waals surface area contributed by atoms with E-state index in [1.54, 1.807) is 0 Å². The first-order chi connectivity index (χ1) is 10.6. The monoisotopic (exact) mass is 320 g/mol. The van der Waals surface area contributed by atoms with Gasteiger partial charge in [-0.15, -0.1) is 0 Å². The largest absolute Gasteiger partial charge is 0.391 e. The minimum absolute atomic E-state index is 0.0228. The van der Waals surface area contributed by atoms with E-state index in [0.717, 1.165) is 12.8 Å². The molecule has 2 amide bonds. The molecule has 7 atom stereocenters. The van der Waals surface area contributed by atoms with Crippen LogP contribution in [0.2, 0.25) is 0 Å². The summed E-state index contributed by atoms with van der Waals surface area (Å²) in [5, 5.41) is 9.82. The molecule has 0 aromatic heterocycles. The summed E-state index contributed by atoms with van der Waals surface area (Å²) >= 11 is 0. The summed E-state index contributed by atoms with van der Waals surface area (Å²) in [5.41, 5.74) is 5.00. The second kappa shape index (κ2) is 3.97. The molecule has 0 radical (unpaired) electrons. The molecule has 0 bridgehead atoms. The van der Waals surface area contributed by atoms with Gasteiger partial charge in [0.25, 0.3) is 0 Å². The third-order valence-electron chi connectivity index (χ3n) is 7.94. The predicted molar refractivity (Wildman–Crippen MR) is 80.9 cm³/mol. The van der Waals surface area contributed by atoms with Crippen molar-refractivity contribution in [2.24, 2.45) is 33.8 Å². The van der Waals surface area contributed by atoms with Crippen molar-refractivity contribution in [1.82, 2.24) is 4.90 Å². The molecule has 3 N–H and O–H groups in total. The maximum absolute atomic E-state index is 13.0. The van der Waals surface area contributed by atoms with Gasteiger partial charge in [-0.3, -0.25) is 14.4 Å². The zero-order valence-corrected chi connectivity index (χ0v) is 13.8. The van der Waals surface area contributed by atoms with Crippen molar-refractivity contribution in [2.75, 3.05) is 6.54 Å². The summed E-state index contributed by atoms with van der Waals surface area (Å²) in [6.45, 7) is 6.42.